The van der Waals surface area contributed by atoms with Crippen LogP contribution in [0.25, 0.3) is 0 Å². The molecule has 1 aromatic heterocycles. The van der Waals surface area contributed by atoms with E-state index in [-0.39, 0.29) is 6.54 Å². The molecular formula is C23H27F3N6. The van der Waals surface area contributed by atoms with Crippen LogP contribution in [0.4, 0.5) is 18.9 Å². The topological polar surface area (TPSA) is 50.1 Å². The van der Waals surface area contributed by atoms with Gasteiger partial charge in [0, 0.05) is 31.9 Å². The fourth-order valence-corrected chi connectivity index (χ4v) is 4.10. The van der Waals surface area contributed by atoms with Crippen LogP contribution in [0.15, 0.2) is 48.5 Å². The maximum absolute atomic E-state index is 13.2. The fraction of sp³-hybridized carbons (Fsp3) is 0.435. The molecular weight excluding hydrogens is 417 g/mol. The molecule has 4 rings (SSSR count). The van der Waals surface area contributed by atoms with Gasteiger partial charge in [-0.1, -0.05) is 24.3 Å². The van der Waals surface area contributed by atoms with E-state index in [1.165, 1.54) is 16.6 Å². The molecule has 1 aliphatic heterocycles. The van der Waals surface area contributed by atoms with Crippen molar-refractivity contribution in [1.29, 1.82) is 0 Å². The number of aromatic nitrogens is 4. The van der Waals surface area contributed by atoms with Crippen LogP contribution in [0, 0.1) is 6.92 Å². The van der Waals surface area contributed by atoms with Gasteiger partial charge in [0.1, 0.15) is 0 Å². The lowest BCUT2D eigenvalue weighted by Gasteiger charge is -2.36. The van der Waals surface area contributed by atoms with Crippen LogP contribution >= 0.6 is 0 Å². The van der Waals surface area contributed by atoms with Gasteiger partial charge in [0.25, 0.3) is 0 Å². The van der Waals surface area contributed by atoms with Gasteiger partial charge in [0.15, 0.2) is 5.82 Å². The molecule has 0 N–H and O–H groups in total. The molecule has 32 heavy (non-hydrogen) atoms. The van der Waals surface area contributed by atoms with Crippen molar-refractivity contribution >= 4 is 5.69 Å². The third kappa shape index (κ3) is 5.64. The number of rotatable bonds is 7. The second-order valence-corrected chi connectivity index (χ2v) is 8.12. The highest BCUT2D eigenvalue weighted by Crippen LogP contribution is 2.31. The second-order valence-electron chi connectivity index (χ2n) is 8.12. The molecule has 0 amide bonds. The summed E-state index contributed by atoms with van der Waals surface area (Å²) in [5, 5.41) is 11.9. The number of benzene rings is 2. The van der Waals surface area contributed by atoms with E-state index in [0.717, 1.165) is 50.8 Å². The Balaban J connectivity index is 1.35. The lowest BCUT2D eigenvalue weighted by Crippen LogP contribution is -2.46. The zero-order valence-electron chi connectivity index (χ0n) is 18.1. The normalized spacial score (nSPS) is 15.3. The van der Waals surface area contributed by atoms with Crippen molar-refractivity contribution in [2.45, 2.75) is 32.5 Å². The van der Waals surface area contributed by atoms with Gasteiger partial charge >= 0.3 is 6.18 Å². The van der Waals surface area contributed by atoms with Gasteiger partial charge in [-0.3, -0.25) is 4.90 Å². The molecule has 1 saturated heterocycles. The predicted molar refractivity (Wildman–Crippen MR) is 117 cm³/mol. The Morgan fingerprint density at radius 1 is 0.938 bits per heavy atom. The Morgan fingerprint density at radius 3 is 2.34 bits per heavy atom. The Labute approximate surface area is 185 Å². The maximum atomic E-state index is 13.2. The van der Waals surface area contributed by atoms with Crippen LogP contribution in [-0.4, -0.2) is 57.8 Å². The minimum Gasteiger partial charge on any atom is -0.369 e. The van der Waals surface area contributed by atoms with Crippen LogP contribution in [0.3, 0.4) is 0 Å². The van der Waals surface area contributed by atoms with Crippen LogP contribution in [0.5, 0.6) is 0 Å². The van der Waals surface area contributed by atoms with Crippen molar-refractivity contribution in [3.05, 3.63) is 71.0 Å². The van der Waals surface area contributed by atoms with Gasteiger partial charge in [0.05, 0.1) is 12.1 Å². The van der Waals surface area contributed by atoms with Crippen molar-refractivity contribution in [3.8, 4) is 0 Å². The maximum Gasteiger partial charge on any atom is 0.416 e. The van der Waals surface area contributed by atoms with Gasteiger partial charge in [-0.25, -0.2) is 0 Å². The Hall–Kier alpha value is -2.94. The number of halogens is 3. The molecule has 2 aromatic carbocycles. The third-order valence-electron chi connectivity index (χ3n) is 5.81. The van der Waals surface area contributed by atoms with Crippen LogP contribution < -0.4 is 4.90 Å². The number of alkyl halides is 3. The summed E-state index contributed by atoms with van der Waals surface area (Å²) >= 11 is 0. The van der Waals surface area contributed by atoms with E-state index in [4.69, 9.17) is 0 Å². The van der Waals surface area contributed by atoms with Crippen molar-refractivity contribution in [2.24, 2.45) is 0 Å². The lowest BCUT2D eigenvalue weighted by atomic mass is 9.99. The van der Waals surface area contributed by atoms with E-state index < -0.39 is 11.7 Å². The molecule has 2 heterocycles. The number of tetrazole rings is 1. The first-order valence-electron chi connectivity index (χ1n) is 10.8. The molecule has 170 valence electrons. The molecule has 0 spiro atoms. The predicted octanol–water partition coefficient (Wildman–Crippen LogP) is 3.80. The van der Waals surface area contributed by atoms with Gasteiger partial charge in [-0.05, 0) is 66.9 Å². The quantitative estimate of drug-likeness (QED) is 0.555. The van der Waals surface area contributed by atoms with Gasteiger partial charge in [-0.15, -0.1) is 10.2 Å². The molecule has 1 fully saturated rings. The molecule has 0 bridgehead atoms. The monoisotopic (exact) mass is 444 g/mol. The van der Waals surface area contributed by atoms with Crippen molar-refractivity contribution in [3.63, 3.8) is 0 Å². The summed E-state index contributed by atoms with van der Waals surface area (Å²) in [5.74, 6) is 0.494. The van der Waals surface area contributed by atoms with E-state index in [0.29, 0.717) is 17.8 Å². The molecule has 0 saturated carbocycles. The standard InChI is InChI=1S/C23H27F3N6/c1-18-27-29-32(28-18)17-20-16-21(23(24,25)26)10-9-19(20)6-5-11-30-12-14-31(15-13-30)22-7-3-2-4-8-22/h2-4,7-10,16H,5-6,11-15,17H2,1H3. The van der Waals surface area contributed by atoms with Gasteiger partial charge in [0.2, 0.25) is 0 Å². The summed E-state index contributed by atoms with van der Waals surface area (Å²) in [6.07, 6.45) is -2.79. The first-order chi connectivity index (χ1) is 15.4. The van der Waals surface area contributed by atoms with E-state index in [9.17, 15) is 13.2 Å². The number of nitrogens with zero attached hydrogens (tertiary/aromatic N) is 6. The van der Waals surface area contributed by atoms with Crippen molar-refractivity contribution in [1.82, 2.24) is 25.1 Å². The molecule has 0 atom stereocenters. The van der Waals surface area contributed by atoms with Crippen LogP contribution in [-0.2, 0) is 19.1 Å². The third-order valence-corrected chi connectivity index (χ3v) is 5.81. The summed E-state index contributed by atoms with van der Waals surface area (Å²) in [4.78, 5) is 6.15. The van der Waals surface area contributed by atoms with E-state index in [2.05, 4.69) is 49.5 Å². The Bertz CT molecular complexity index is 1010. The minimum absolute atomic E-state index is 0.176. The Kier molecular flexibility index (Phi) is 6.74. The van der Waals surface area contributed by atoms with Gasteiger partial charge in [-0.2, -0.15) is 18.0 Å². The first kappa shape index (κ1) is 22.3. The number of hydrogen-bond donors (Lipinski definition) is 0. The molecule has 9 heteroatoms. The smallest absolute Gasteiger partial charge is 0.369 e. The SMILES string of the molecule is Cc1nnn(Cc2cc(C(F)(F)F)ccc2CCCN2CCN(c3ccccc3)CC2)n1. The number of para-hydroxylation sites is 1. The summed E-state index contributed by atoms with van der Waals surface area (Å²) in [5.41, 5.74) is 2.09. The average molecular weight is 445 g/mol. The highest BCUT2D eigenvalue weighted by molar-refractivity contribution is 5.46. The molecule has 0 radical (unpaired) electrons. The minimum atomic E-state index is -4.38. The average Bonchev–Trinajstić information content (AvgIpc) is 3.19. The van der Waals surface area contributed by atoms with E-state index in [1.54, 1.807) is 13.0 Å². The Morgan fingerprint density at radius 2 is 1.69 bits per heavy atom. The van der Waals surface area contributed by atoms with Crippen LogP contribution in [0.2, 0.25) is 0 Å². The summed E-state index contributed by atoms with van der Waals surface area (Å²) in [6, 6.07) is 14.4. The number of aryl methyl sites for hydroxylation is 2. The highest BCUT2D eigenvalue weighted by Gasteiger charge is 2.31. The molecule has 1 aliphatic rings. The molecule has 0 unspecified atom stereocenters. The van der Waals surface area contributed by atoms with E-state index >= 15 is 0 Å². The zero-order valence-corrected chi connectivity index (χ0v) is 18.1. The summed E-state index contributed by atoms with van der Waals surface area (Å²) in [7, 11) is 0. The van der Waals surface area contributed by atoms with E-state index in [1.807, 2.05) is 6.07 Å². The number of hydrogen-bond acceptors (Lipinski definition) is 5. The molecule has 6 nitrogen and oxygen atoms in total. The first-order valence-corrected chi connectivity index (χ1v) is 10.8. The number of piperazine rings is 1. The van der Waals surface area contributed by atoms with Crippen molar-refractivity contribution < 1.29 is 13.2 Å². The summed E-state index contributed by atoms with van der Waals surface area (Å²) in [6.45, 7) is 6.72. The summed E-state index contributed by atoms with van der Waals surface area (Å²) < 4.78 is 39.7. The number of anilines is 1. The lowest BCUT2D eigenvalue weighted by molar-refractivity contribution is -0.137. The highest BCUT2D eigenvalue weighted by atomic mass is 19.4. The van der Waals surface area contributed by atoms with Crippen molar-refractivity contribution in [2.75, 3.05) is 37.6 Å². The molecule has 0 aliphatic carbocycles. The fourth-order valence-electron chi connectivity index (χ4n) is 4.10. The second kappa shape index (κ2) is 9.68. The van der Waals surface area contributed by atoms with Gasteiger partial charge < -0.3 is 4.90 Å². The zero-order chi connectivity index (χ0) is 22.6. The molecule has 3 aromatic rings. The van der Waals surface area contributed by atoms with Crippen LogP contribution in [0.1, 0.15) is 28.9 Å². The largest absolute Gasteiger partial charge is 0.416 e.